The second kappa shape index (κ2) is 11.0. The third-order valence-corrected chi connectivity index (χ3v) is 6.40. The van der Waals surface area contributed by atoms with Gasteiger partial charge in [-0.3, -0.25) is 0 Å². The fraction of sp³-hybridized carbons (Fsp3) is 0.172. The van der Waals surface area contributed by atoms with E-state index in [0.29, 0.717) is 5.69 Å². The number of ether oxygens (including phenoxy) is 2. The van der Waals surface area contributed by atoms with Crippen LogP contribution in [0.3, 0.4) is 0 Å². The number of hydrogen-bond acceptors (Lipinski definition) is 6. The SMILES string of the molecule is O=C(N[C@@H](Cc1cn(C(=O)OCc2ccccc2)cn1)C(=O)O)OCC1c2ccccc2-c2ccccc21. The van der Waals surface area contributed by atoms with E-state index in [4.69, 9.17) is 9.47 Å². The molecule has 0 fully saturated rings. The zero-order valence-electron chi connectivity index (χ0n) is 20.3. The summed E-state index contributed by atoms with van der Waals surface area (Å²) in [6.45, 7) is 0.155. The number of aliphatic carboxylic acids is 1. The van der Waals surface area contributed by atoms with Crippen LogP contribution >= 0.6 is 0 Å². The van der Waals surface area contributed by atoms with Crippen molar-refractivity contribution >= 4 is 18.2 Å². The van der Waals surface area contributed by atoms with E-state index in [9.17, 15) is 19.5 Å². The zero-order chi connectivity index (χ0) is 26.5. The first-order valence-electron chi connectivity index (χ1n) is 12.1. The van der Waals surface area contributed by atoms with Gasteiger partial charge in [0, 0.05) is 18.5 Å². The van der Waals surface area contributed by atoms with Crippen LogP contribution in [0.15, 0.2) is 91.4 Å². The summed E-state index contributed by atoms with van der Waals surface area (Å²) < 4.78 is 11.8. The van der Waals surface area contributed by atoms with Crippen LogP contribution in [-0.4, -0.2) is 45.5 Å². The number of carboxylic acids is 1. The number of carboxylic acid groups (broad SMARTS) is 1. The van der Waals surface area contributed by atoms with Crippen molar-refractivity contribution in [3.05, 3.63) is 114 Å². The number of fused-ring (bicyclic) bond motifs is 3. The van der Waals surface area contributed by atoms with E-state index in [1.807, 2.05) is 78.9 Å². The summed E-state index contributed by atoms with van der Waals surface area (Å²) in [7, 11) is 0. The molecule has 0 aliphatic heterocycles. The lowest BCUT2D eigenvalue weighted by molar-refractivity contribution is -0.139. The van der Waals surface area contributed by atoms with Gasteiger partial charge in [0.1, 0.15) is 25.6 Å². The van der Waals surface area contributed by atoms with Gasteiger partial charge >= 0.3 is 18.2 Å². The van der Waals surface area contributed by atoms with Crippen molar-refractivity contribution in [3.8, 4) is 11.1 Å². The molecule has 1 aliphatic carbocycles. The van der Waals surface area contributed by atoms with Crippen LogP contribution in [0.5, 0.6) is 0 Å². The summed E-state index contributed by atoms with van der Waals surface area (Å²) in [6, 6.07) is 23.8. The van der Waals surface area contributed by atoms with E-state index in [0.717, 1.165) is 32.4 Å². The molecule has 1 aliphatic rings. The quantitative estimate of drug-likeness (QED) is 0.355. The number of carbonyl (C=O) groups excluding carboxylic acids is 2. The van der Waals surface area contributed by atoms with Crippen LogP contribution in [0.2, 0.25) is 0 Å². The van der Waals surface area contributed by atoms with Crippen molar-refractivity contribution < 1.29 is 29.0 Å². The molecule has 1 atom stereocenters. The Balaban J connectivity index is 1.17. The molecule has 1 aromatic heterocycles. The molecule has 2 N–H and O–H groups in total. The van der Waals surface area contributed by atoms with E-state index >= 15 is 0 Å². The maximum absolute atomic E-state index is 12.6. The zero-order valence-corrected chi connectivity index (χ0v) is 20.3. The van der Waals surface area contributed by atoms with Crippen molar-refractivity contribution in [2.45, 2.75) is 25.0 Å². The Labute approximate surface area is 218 Å². The van der Waals surface area contributed by atoms with E-state index in [1.54, 1.807) is 0 Å². The van der Waals surface area contributed by atoms with Gasteiger partial charge in [0.15, 0.2) is 0 Å². The molecule has 9 nitrogen and oxygen atoms in total. The first kappa shape index (κ1) is 24.8. The fourth-order valence-electron chi connectivity index (χ4n) is 4.55. The predicted octanol–water partition coefficient (Wildman–Crippen LogP) is 4.60. The van der Waals surface area contributed by atoms with Gasteiger partial charge < -0.3 is 19.9 Å². The Morgan fingerprint density at radius 2 is 1.53 bits per heavy atom. The van der Waals surface area contributed by atoms with Crippen molar-refractivity contribution in [2.75, 3.05) is 6.61 Å². The molecular formula is C29H25N3O6. The monoisotopic (exact) mass is 511 g/mol. The molecule has 0 unspecified atom stereocenters. The summed E-state index contributed by atoms with van der Waals surface area (Å²) in [5.74, 6) is -1.39. The van der Waals surface area contributed by atoms with Crippen molar-refractivity contribution in [1.82, 2.24) is 14.9 Å². The second-order valence-electron chi connectivity index (χ2n) is 8.88. The third kappa shape index (κ3) is 5.41. The van der Waals surface area contributed by atoms with Crippen molar-refractivity contribution in [3.63, 3.8) is 0 Å². The highest BCUT2D eigenvalue weighted by atomic mass is 16.6. The molecule has 192 valence electrons. The Hall–Kier alpha value is -4.92. The number of amides is 1. The molecule has 9 heteroatoms. The highest BCUT2D eigenvalue weighted by Gasteiger charge is 2.30. The summed E-state index contributed by atoms with van der Waals surface area (Å²) in [5, 5.41) is 12.0. The number of hydrogen-bond donors (Lipinski definition) is 2. The molecule has 0 bridgehead atoms. The van der Waals surface area contributed by atoms with Crippen LogP contribution in [0.25, 0.3) is 11.1 Å². The fourth-order valence-corrected chi connectivity index (χ4v) is 4.55. The maximum Gasteiger partial charge on any atom is 0.419 e. The molecule has 3 aromatic carbocycles. The predicted molar refractivity (Wildman–Crippen MR) is 138 cm³/mol. The van der Waals surface area contributed by atoms with E-state index in [1.165, 1.54) is 12.5 Å². The topological polar surface area (TPSA) is 120 Å². The van der Waals surface area contributed by atoms with Gasteiger partial charge in [0.05, 0.1) is 5.69 Å². The summed E-state index contributed by atoms with van der Waals surface area (Å²) in [5.41, 5.74) is 5.44. The average Bonchev–Trinajstić information content (AvgIpc) is 3.53. The number of carbonyl (C=O) groups is 3. The van der Waals surface area contributed by atoms with E-state index in [2.05, 4.69) is 10.3 Å². The van der Waals surface area contributed by atoms with Gasteiger partial charge in [-0.2, -0.15) is 0 Å². The van der Waals surface area contributed by atoms with Crippen LogP contribution in [-0.2, 0) is 27.3 Å². The first-order chi connectivity index (χ1) is 18.5. The Morgan fingerprint density at radius 1 is 0.895 bits per heavy atom. The minimum absolute atomic E-state index is 0.0636. The summed E-state index contributed by atoms with van der Waals surface area (Å²) in [6.07, 6.45) is 0.987. The number of nitrogens with one attached hydrogen (secondary N) is 1. The Bertz CT molecular complexity index is 1420. The number of nitrogens with zero attached hydrogens (tertiary/aromatic N) is 2. The minimum atomic E-state index is -1.30. The first-order valence-corrected chi connectivity index (χ1v) is 12.1. The lowest BCUT2D eigenvalue weighted by Crippen LogP contribution is -2.43. The summed E-state index contributed by atoms with van der Waals surface area (Å²) >= 11 is 0. The molecular weight excluding hydrogens is 486 g/mol. The molecule has 38 heavy (non-hydrogen) atoms. The van der Waals surface area contributed by atoms with Crippen LogP contribution in [0, 0.1) is 0 Å². The van der Waals surface area contributed by atoms with Crippen LogP contribution in [0.4, 0.5) is 9.59 Å². The van der Waals surface area contributed by atoms with Gasteiger partial charge in [-0.1, -0.05) is 78.9 Å². The maximum atomic E-state index is 12.6. The molecule has 1 amide bonds. The van der Waals surface area contributed by atoms with Crippen molar-refractivity contribution in [2.24, 2.45) is 0 Å². The van der Waals surface area contributed by atoms with Gasteiger partial charge in [-0.25, -0.2) is 23.9 Å². The number of imidazole rings is 1. The molecule has 1 heterocycles. The number of rotatable bonds is 8. The number of benzene rings is 3. The highest BCUT2D eigenvalue weighted by molar-refractivity contribution is 5.81. The molecule has 4 aromatic rings. The molecule has 0 radical (unpaired) electrons. The molecule has 0 saturated carbocycles. The average molecular weight is 512 g/mol. The second-order valence-corrected chi connectivity index (χ2v) is 8.88. The summed E-state index contributed by atoms with van der Waals surface area (Å²) in [4.78, 5) is 40.8. The van der Waals surface area contributed by atoms with Gasteiger partial charge in [-0.05, 0) is 27.8 Å². The number of alkyl carbamates (subject to hydrolysis) is 1. The lowest BCUT2D eigenvalue weighted by Gasteiger charge is -2.17. The highest BCUT2D eigenvalue weighted by Crippen LogP contribution is 2.44. The van der Waals surface area contributed by atoms with Crippen LogP contribution in [0.1, 0.15) is 28.3 Å². The van der Waals surface area contributed by atoms with Crippen LogP contribution < -0.4 is 5.32 Å². The standard InChI is InChI=1S/C29H25N3O6/c33-27(34)26(14-20-15-32(18-30-20)29(36)38-16-19-8-2-1-3-9-19)31-28(35)37-17-25-23-12-6-4-10-21(23)22-11-5-7-13-24(22)25/h1-13,15,18,25-26H,14,16-17H2,(H,31,35)(H,33,34)/t26-/m0/s1. The number of aromatic nitrogens is 2. The Morgan fingerprint density at radius 3 is 2.18 bits per heavy atom. The normalized spacial score (nSPS) is 12.7. The Kier molecular flexibility index (Phi) is 7.17. The molecule has 0 spiro atoms. The van der Waals surface area contributed by atoms with E-state index in [-0.39, 0.29) is 25.6 Å². The molecule has 0 saturated heterocycles. The third-order valence-electron chi connectivity index (χ3n) is 6.40. The van der Waals surface area contributed by atoms with E-state index < -0.39 is 24.2 Å². The van der Waals surface area contributed by atoms with Gasteiger partial charge in [0.25, 0.3) is 0 Å². The smallest absolute Gasteiger partial charge is 0.419 e. The minimum Gasteiger partial charge on any atom is -0.480 e. The van der Waals surface area contributed by atoms with Gasteiger partial charge in [0.2, 0.25) is 0 Å². The van der Waals surface area contributed by atoms with Gasteiger partial charge in [-0.15, -0.1) is 0 Å². The van der Waals surface area contributed by atoms with Crippen molar-refractivity contribution in [1.29, 1.82) is 0 Å². The lowest BCUT2D eigenvalue weighted by atomic mass is 9.98. The largest absolute Gasteiger partial charge is 0.480 e. The molecule has 5 rings (SSSR count).